The second-order valence-corrected chi connectivity index (χ2v) is 11.7. The number of anilines is 1. The molecule has 222 valence electrons. The van der Waals surface area contributed by atoms with E-state index in [9.17, 15) is 26.4 Å². The van der Waals surface area contributed by atoms with Crippen LogP contribution in [0.1, 0.15) is 32.1 Å². The van der Waals surface area contributed by atoms with Crippen LogP contribution in [0.15, 0.2) is 77.0 Å². The summed E-state index contributed by atoms with van der Waals surface area (Å²) in [4.78, 5) is 37.5. The van der Waals surface area contributed by atoms with Crippen molar-refractivity contribution in [2.45, 2.75) is 23.6 Å². The number of esters is 2. The van der Waals surface area contributed by atoms with Crippen molar-refractivity contribution in [1.29, 1.82) is 0 Å². The van der Waals surface area contributed by atoms with Gasteiger partial charge in [0.1, 0.15) is 9.79 Å². The van der Waals surface area contributed by atoms with E-state index in [-0.39, 0.29) is 21.2 Å². The molecule has 42 heavy (non-hydrogen) atoms. The first-order valence-electron chi connectivity index (χ1n) is 12.0. The minimum Gasteiger partial charge on any atom is -0.465 e. The predicted molar refractivity (Wildman–Crippen MR) is 150 cm³/mol. The van der Waals surface area contributed by atoms with Gasteiger partial charge in [-0.05, 0) is 44.2 Å². The molecule has 0 spiro atoms. The molecule has 2 N–H and O–H groups in total. The number of guanidine groups is 1. The van der Waals surface area contributed by atoms with Gasteiger partial charge in [-0.25, -0.2) is 24.9 Å². The highest BCUT2D eigenvalue weighted by molar-refractivity contribution is 7.90. The van der Waals surface area contributed by atoms with Gasteiger partial charge in [-0.1, -0.05) is 36.9 Å². The van der Waals surface area contributed by atoms with Crippen LogP contribution in [0.2, 0.25) is 0 Å². The van der Waals surface area contributed by atoms with Crippen molar-refractivity contribution in [2.75, 3.05) is 26.1 Å². The molecule has 0 bridgehead atoms. The van der Waals surface area contributed by atoms with Crippen LogP contribution in [0.4, 0.5) is 5.95 Å². The van der Waals surface area contributed by atoms with Crippen LogP contribution in [-0.2, 0) is 34.4 Å². The third kappa shape index (κ3) is 7.08. The van der Waals surface area contributed by atoms with Crippen LogP contribution >= 0.6 is 0 Å². The number of nitrogens with zero attached hydrogens (tertiary/aromatic N) is 3. The molecule has 3 aromatic rings. The Bertz CT molecular complexity index is 1750. The lowest BCUT2D eigenvalue weighted by molar-refractivity contribution is -0.673. The van der Waals surface area contributed by atoms with Crippen molar-refractivity contribution in [3.05, 3.63) is 89.8 Å². The molecule has 0 aliphatic carbocycles. The first kappa shape index (κ1) is 31.7. The summed E-state index contributed by atoms with van der Waals surface area (Å²) in [7, 11) is -7.49. The SMILES string of the molecule is C=CCO[N+](=C(Nc1nc(C)cc(C)n1)NS(=O)(=O)c1ccccc1C(=O)OC)S(=O)(=O)c1ccccc1C(=O)OC. The second-order valence-electron chi connectivity index (χ2n) is 8.35. The van der Waals surface area contributed by atoms with E-state index < -0.39 is 54.3 Å². The van der Waals surface area contributed by atoms with Crippen molar-refractivity contribution >= 4 is 43.9 Å². The molecule has 0 aliphatic rings. The molecule has 1 aromatic heterocycles. The summed E-state index contributed by atoms with van der Waals surface area (Å²) in [5, 5.41) is 2.56. The fourth-order valence-corrected chi connectivity index (χ4v) is 6.24. The highest BCUT2D eigenvalue weighted by Gasteiger charge is 2.38. The van der Waals surface area contributed by atoms with Gasteiger partial charge >= 0.3 is 37.9 Å². The van der Waals surface area contributed by atoms with Crippen LogP contribution in [0.25, 0.3) is 0 Å². The van der Waals surface area contributed by atoms with E-state index >= 15 is 0 Å². The molecule has 16 heteroatoms. The maximum absolute atomic E-state index is 14.0. The number of benzene rings is 2. The standard InChI is InChI=1S/C26H27N5O9S2/c1-6-15-40-31(42(36,37)22-14-10-8-12-20(22)24(33)39-5)26(29-25-27-17(2)16-18(3)28-25)30-41(34,35)21-13-9-7-11-19(21)23(32)38-4/h6-14,16H,1,15H2,2-5H3,(H,27,28,29,30)/p+1. The molecule has 0 radical (unpaired) electrons. The fraction of sp³-hybridized carbons (Fsp3) is 0.192. The van der Waals surface area contributed by atoms with Crippen molar-refractivity contribution < 1.29 is 44.9 Å². The number of methoxy groups -OCH3 is 2. The lowest BCUT2D eigenvalue weighted by Gasteiger charge is -2.15. The van der Waals surface area contributed by atoms with Crippen molar-refractivity contribution in [2.24, 2.45) is 0 Å². The van der Waals surface area contributed by atoms with Crippen LogP contribution in [0.3, 0.4) is 0 Å². The summed E-state index contributed by atoms with van der Waals surface area (Å²) in [6.45, 7) is 6.37. The van der Waals surface area contributed by atoms with Gasteiger partial charge in [-0.2, -0.15) is 21.6 Å². The molecule has 3 rings (SSSR count). The van der Waals surface area contributed by atoms with E-state index in [4.69, 9.17) is 14.3 Å². The Morgan fingerprint density at radius 2 is 1.38 bits per heavy atom. The number of ether oxygens (including phenoxy) is 2. The van der Waals surface area contributed by atoms with Gasteiger partial charge in [0.2, 0.25) is 0 Å². The monoisotopic (exact) mass is 618 g/mol. The van der Waals surface area contributed by atoms with Gasteiger partial charge in [0, 0.05) is 15.5 Å². The topological polar surface area (TPSA) is 183 Å². The van der Waals surface area contributed by atoms with E-state index in [1.54, 1.807) is 19.9 Å². The number of sulfonamides is 2. The summed E-state index contributed by atoms with van der Waals surface area (Å²) in [5.74, 6) is -2.95. The molecule has 0 atom stereocenters. The summed E-state index contributed by atoms with van der Waals surface area (Å²) >= 11 is 0. The average molecular weight is 619 g/mol. The van der Waals surface area contributed by atoms with Crippen LogP contribution in [0.5, 0.6) is 0 Å². The lowest BCUT2D eigenvalue weighted by Crippen LogP contribution is -2.45. The van der Waals surface area contributed by atoms with Crippen LogP contribution in [-0.4, -0.2) is 69.7 Å². The molecular formula is C26H28N5O9S2+. The number of hydrogen-bond donors (Lipinski definition) is 2. The number of aromatic nitrogens is 2. The van der Waals surface area contributed by atoms with Gasteiger partial charge in [-0.3, -0.25) is 0 Å². The summed E-state index contributed by atoms with van der Waals surface area (Å²) in [5.41, 5.74) is 0.265. The number of nitrogens with one attached hydrogen (secondary N) is 2. The molecular weight excluding hydrogens is 590 g/mol. The molecule has 1 heterocycles. The van der Waals surface area contributed by atoms with Gasteiger partial charge in [0.25, 0.3) is 5.95 Å². The van der Waals surface area contributed by atoms with E-state index in [0.717, 1.165) is 26.4 Å². The first-order valence-corrected chi connectivity index (χ1v) is 14.9. The molecule has 0 saturated heterocycles. The van der Waals surface area contributed by atoms with E-state index in [0.29, 0.717) is 11.4 Å². The first-order chi connectivity index (χ1) is 19.8. The summed E-state index contributed by atoms with van der Waals surface area (Å²) < 4.78 is 67.2. The van der Waals surface area contributed by atoms with Crippen molar-refractivity contribution in [3.63, 3.8) is 0 Å². The maximum atomic E-state index is 14.0. The maximum Gasteiger partial charge on any atom is 0.421 e. The smallest absolute Gasteiger partial charge is 0.421 e. The van der Waals surface area contributed by atoms with Crippen LogP contribution in [0, 0.1) is 13.8 Å². The third-order valence-electron chi connectivity index (χ3n) is 5.31. The Morgan fingerprint density at radius 3 is 1.90 bits per heavy atom. The highest BCUT2D eigenvalue weighted by atomic mass is 32.2. The zero-order valence-corrected chi connectivity index (χ0v) is 24.7. The lowest BCUT2D eigenvalue weighted by atomic mass is 10.2. The Labute approximate surface area is 242 Å². The molecule has 2 aromatic carbocycles. The Balaban J connectivity index is 2.35. The minimum absolute atomic E-state index is 0.199. The zero-order chi connectivity index (χ0) is 31.1. The summed E-state index contributed by atoms with van der Waals surface area (Å²) in [6.07, 6.45) is 1.21. The number of carbonyl (C=O) groups is 2. The number of hydrogen-bond acceptors (Lipinski definition) is 11. The van der Waals surface area contributed by atoms with Gasteiger partial charge in [0.05, 0.1) is 25.3 Å². The van der Waals surface area contributed by atoms with E-state index in [1.165, 1.54) is 42.5 Å². The zero-order valence-electron chi connectivity index (χ0n) is 23.0. The predicted octanol–water partition coefficient (Wildman–Crippen LogP) is 1.93. The number of aryl methyl sites for hydroxylation is 2. The van der Waals surface area contributed by atoms with Gasteiger partial charge in [0.15, 0.2) is 6.61 Å². The molecule has 0 fully saturated rings. The Hall–Kier alpha value is -4.83. The third-order valence-corrected chi connectivity index (χ3v) is 8.34. The summed E-state index contributed by atoms with van der Waals surface area (Å²) in [6, 6.07) is 11.8. The van der Waals surface area contributed by atoms with Crippen molar-refractivity contribution in [3.8, 4) is 0 Å². The molecule has 0 saturated carbocycles. The molecule has 0 aliphatic heterocycles. The fourth-order valence-electron chi connectivity index (χ4n) is 3.59. The molecule has 14 nitrogen and oxygen atoms in total. The minimum atomic E-state index is -4.90. The van der Waals surface area contributed by atoms with Crippen molar-refractivity contribution in [1.82, 2.24) is 14.7 Å². The van der Waals surface area contributed by atoms with Gasteiger partial charge < -0.3 is 14.3 Å². The largest absolute Gasteiger partial charge is 0.465 e. The molecule has 0 amide bonds. The number of rotatable bonds is 10. The normalized spacial score (nSPS) is 12.0. The quantitative estimate of drug-likeness (QED) is 0.0842. The average Bonchev–Trinajstić information content (AvgIpc) is 2.95. The highest BCUT2D eigenvalue weighted by Crippen LogP contribution is 2.21. The Morgan fingerprint density at radius 1 is 0.881 bits per heavy atom. The van der Waals surface area contributed by atoms with E-state index in [2.05, 4.69) is 26.6 Å². The Kier molecular flexibility index (Phi) is 9.98. The second kappa shape index (κ2) is 13.2. The number of carbonyl (C=O) groups excluding carboxylic acids is 2. The van der Waals surface area contributed by atoms with E-state index in [1.807, 2.05) is 0 Å². The molecule has 0 unspecified atom stereocenters. The van der Waals surface area contributed by atoms with Crippen LogP contribution < -0.4 is 10.0 Å². The van der Waals surface area contributed by atoms with Gasteiger partial charge in [-0.15, -0.1) is 0 Å².